The highest BCUT2D eigenvalue weighted by atomic mass is 32.2. The second kappa shape index (κ2) is 6.99. The number of hydrogen-bond acceptors (Lipinski definition) is 1. The number of hydrogen-bond donors (Lipinski definition) is 0. The molecule has 0 aromatic rings. The Bertz CT molecular complexity index is 209. The second-order valence-electron chi connectivity index (χ2n) is 2.65. The van der Waals surface area contributed by atoms with Gasteiger partial charge in [-0.15, -0.1) is 11.8 Å². The van der Waals surface area contributed by atoms with Crippen LogP contribution in [0.1, 0.15) is 13.8 Å². The zero-order chi connectivity index (χ0) is 9.40. The third kappa shape index (κ3) is 9.31. The molecule has 12 heavy (non-hydrogen) atoms. The molecule has 0 rings (SSSR count). The van der Waals surface area contributed by atoms with Crippen LogP contribution in [0.25, 0.3) is 0 Å². The quantitative estimate of drug-likeness (QED) is 0.577. The van der Waals surface area contributed by atoms with Crippen molar-refractivity contribution in [3.8, 4) is 0 Å². The van der Waals surface area contributed by atoms with Crippen LogP contribution in [0.5, 0.6) is 0 Å². The maximum absolute atomic E-state index is 3.80. The molecule has 0 radical (unpaired) electrons. The number of rotatable bonds is 5. The van der Waals surface area contributed by atoms with Crippen LogP contribution in [0.4, 0.5) is 0 Å². The van der Waals surface area contributed by atoms with Crippen LogP contribution < -0.4 is 0 Å². The second-order valence-corrected chi connectivity index (χ2v) is 3.97. The summed E-state index contributed by atoms with van der Waals surface area (Å²) in [6.07, 6.45) is 8.13. The van der Waals surface area contributed by atoms with Crippen LogP contribution in [0, 0.1) is 0 Å². The Morgan fingerprint density at radius 1 is 1.25 bits per heavy atom. The molecular weight excluding hydrogens is 164 g/mol. The molecule has 0 N–H and O–H groups in total. The number of allylic oxidation sites excluding steroid dienone is 5. The van der Waals surface area contributed by atoms with Crippen molar-refractivity contribution in [2.75, 3.05) is 5.75 Å². The van der Waals surface area contributed by atoms with E-state index in [0.29, 0.717) is 0 Å². The van der Waals surface area contributed by atoms with Gasteiger partial charge in [-0.1, -0.05) is 43.0 Å². The Labute approximate surface area is 79.8 Å². The molecule has 0 heterocycles. The van der Waals surface area contributed by atoms with Gasteiger partial charge in [0.1, 0.15) is 0 Å². The van der Waals surface area contributed by atoms with Crippen LogP contribution >= 0.6 is 11.8 Å². The molecule has 1 heteroatoms. The average Bonchev–Trinajstić information content (AvgIpc) is 1.95. The van der Waals surface area contributed by atoms with Gasteiger partial charge in [0.2, 0.25) is 0 Å². The SMILES string of the molecule is C=C(C)/C=C\C=C/CSC(=C)C. The molecule has 0 amide bonds. The number of thioether (sulfide) groups is 1. The van der Waals surface area contributed by atoms with E-state index in [9.17, 15) is 0 Å². The summed E-state index contributed by atoms with van der Waals surface area (Å²) in [6, 6.07) is 0. The van der Waals surface area contributed by atoms with Crippen molar-refractivity contribution in [1.29, 1.82) is 0 Å². The zero-order valence-corrected chi connectivity index (χ0v) is 8.66. The molecular formula is C11H16S. The summed E-state index contributed by atoms with van der Waals surface area (Å²) in [5.74, 6) is 0.996. The van der Waals surface area contributed by atoms with Gasteiger partial charge in [0.05, 0.1) is 0 Å². The molecule has 0 atom stereocenters. The third-order valence-corrected chi connectivity index (χ3v) is 1.91. The van der Waals surface area contributed by atoms with E-state index in [1.807, 2.05) is 32.1 Å². The lowest BCUT2D eigenvalue weighted by Crippen LogP contribution is -1.68. The molecule has 0 saturated heterocycles. The minimum Gasteiger partial charge on any atom is -0.127 e. The minimum absolute atomic E-state index is 0.996. The Morgan fingerprint density at radius 3 is 2.42 bits per heavy atom. The molecule has 0 fully saturated rings. The lowest BCUT2D eigenvalue weighted by molar-refractivity contribution is 1.56. The molecule has 0 aromatic heterocycles. The van der Waals surface area contributed by atoms with Crippen molar-refractivity contribution in [2.45, 2.75) is 13.8 Å². The molecule has 0 aliphatic heterocycles. The normalized spacial score (nSPS) is 11.2. The van der Waals surface area contributed by atoms with Gasteiger partial charge in [-0.3, -0.25) is 0 Å². The van der Waals surface area contributed by atoms with E-state index in [-0.39, 0.29) is 0 Å². The van der Waals surface area contributed by atoms with Crippen LogP contribution in [-0.2, 0) is 0 Å². The van der Waals surface area contributed by atoms with Gasteiger partial charge in [0.25, 0.3) is 0 Å². The third-order valence-electron chi connectivity index (χ3n) is 1.05. The van der Waals surface area contributed by atoms with Gasteiger partial charge in [-0.2, -0.15) is 0 Å². The fourth-order valence-corrected chi connectivity index (χ4v) is 1.04. The first-order chi connectivity index (χ1) is 5.63. The van der Waals surface area contributed by atoms with Crippen LogP contribution in [0.3, 0.4) is 0 Å². The Hall–Kier alpha value is -0.690. The summed E-state index contributed by atoms with van der Waals surface area (Å²) < 4.78 is 0. The van der Waals surface area contributed by atoms with E-state index in [4.69, 9.17) is 0 Å². The highest BCUT2D eigenvalue weighted by Crippen LogP contribution is 2.10. The summed E-state index contributed by atoms with van der Waals surface area (Å²) in [5.41, 5.74) is 1.08. The predicted molar refractivity (Wildman–Crippen MR) is 60.4 cm³/mol. The molecule has 0 saturated carbocycles. The summed E-state index contributed by atoms with van der Waals surface area (Å²) in [5, 5.41) is 0. The molecule has 0 spiro atoms. The first-order valence-corrected chi connectivity index (χ1v) is 4.88. The fourth-order valence-electron chi connectivity index (χ4n) is 0.544. The smallest absolute Gasteiger partial charge is 0.0160 e. The van der Waals surface area contributed by atoms with Crippen LogP contribution in [-0.4, -0.2) is 5.75 Å². The molecule has 0 unspecified atom stereocenters. The van der Waals surface area contributed by atoms with E-state index in [2.05, 4.69) is 19.2 Å². The summed E-state index contributed by atoms with van der Waals surface area (Å²) in [7, 11) is 0. The monoisotopic (exact) mass is 180 g/mol. The highest BCUT2D eigenvalue weighted by molar-refractivity contribution is 8.03. The molecule has 0 aliphatic rings. The topological polar surface area (TPSA) is 0 Å². The van der Waals surface area contributed by atoms with Crippen LogP contribution in [0.15, 0.2) is 47.9 Å². The van der Waals surface area contributed by atoms with Crippen molar-refractivity contribution < 1.29 is 0 Å². The van der Waals surface area contributed by atoms with E-state index >= 15 is 0 Å². The van der Waals surface area contributed by atoms with Gasteiger partial charge in [-0.25, -0.2) is 0 Å². The fraction of sp³-hybridized carbons (Fsp3) is 0.273. The summed E-state index contributed by atoms with van der Waals surface area (Å²) >= 11 is 1.75. The largest absolute Gasteiger partial charge is 0.127 e. The lowest BCUT2D eigenvalue weighted by Gasteiger charge is -1.90. The van der Waals surface area contributed by atoms with Crippen molar-refractivity contribution in [2.24, 2.45) is 0 Å². The summed E-state index contributed by atoms with van der Waals surface area (Å²) in [4.78, 5) is 1.16. The van der Waals surface area contributed by atoms with Gasteiger partial charge >= 0.3 is 0 Å². The molecule has 0 nitrogen and oxygen atoms in total. The standard InChI is InChI=1S/C11H16S/c1-10(2)8-6-5-7-9-12-11(3)4/h5-8H,1,3,9H2,2,4H3/b7-5-,8-6-. The summed E-state index contributed by atoms with van der Waals surface area (Å²) in [6.45, 7) is 11.6. The van der Waals surface area contributed by atoms with Gasteiger partial charge < -0.3 is 0 Å². The van der Waals surface area contributed by atoms with E-state index < -0.39 is 0 Å². The maximum atomic E-state index is 3.80. The molecule has 66 valence electrons. The Morgan fingerprint density at radius 2 is 1.92 bits per heavy atom. The predicted octanol–water partition coefficient (Wildman–Crippen LogP) is 3.94. The van der Waals surface area contributed by atoms with Crippen molar-refractivity contribution >= 4 is 11.8 Å². The first-order valence-electron chi connectivity index (χ1n) is 3.90. The van der Waals surface area contributed by atoms with Gasteiger partial charge in [0.15, 0.2) is 0 Å². The van der Waals surface area contributed by atoms with Crippen LogP contribution in [0.2, 0.25) is 0 Å². The molecule has 0 aliphatic carbocycles. The maximum Gasteiger partial charge on any atom is 0.0160 e. The molecule has 0 bridgehead atoms. The van der Waals surface area contributed by atoms with E-state index in [0.717, 1.165) is 16.2 Å². The minimum atomic E-state index is 0.996. The van der Waals surface area contributed by atoms with E-state index in [1.165, 1.54) is 0 Å². The van der Waals surface area contributed by atoms with Crippen molar-refractivity contribution in [1.82, 2.24) is 0 Å². The Balaban J connectivity index is 3.50. The zero-order valence-electron chi connectivity index (χ0n) is 7.84. The average molecular weight is 180 g/mol. The molecule has 0 aromatic carbocycles. The van der Waals surface area contributed by atoms with Crippen molar-refractivity contribution in [3.05, 3.63) is 47.9 Å². The van der Waals surface area contributed by atoms with Gasteiger partial charge in [0, 0.05) is 5.75 Å². The first kappa shape index (κ1) is 11.3. The Kier molecular flexibility index (Phi) is 6.58. The van der Waals surface area contributed by atoms with Crippen molar-refractivity contribution in [3.63, 3.8) is 0 Å². The van der Waals surface area contributed by atoms with E-state index in [1.54, 1.807) is 11.8 Å². The van der Waals surface area contributed by atoms with Gasteiger partial charge in [-0.05, 0) is 18.8 Å². The highest BCUT2D eigenvalue weighted by Gasteiger charge is 1.80. The lowest BCUT2D eigenvalue weighted by atomic mass is 10.3.